The van der Waals surface area contributed by atoms with Crippen LogP contribution in [0, 0.1) is 5.92 Å². The molecule has 1 saturated heterocycles. The van der Waals surface area contributed by atoms with Gasteiger partial charge in [0.2, 0.25) is 0 Å². The molecule has 0 spiro atoms. The summed E-state index contributed by atoms with van der Waals surface area (Å²) < 4.78 is 0. The lowest BCUT2D eigenvalue weighted by molar-refractivity contribution is 0.423. The number of benzene rings is 1. The molecule has 2 aliphatic rings. The van der Waals surface area contributed by atoms with Crippen LogP contribution in [-0.4, -0.2) is 23.7 Å². The Morgan fingerprint density at radius 3 is 2.88 bits per heavy atom. The molecule has 0 amide bonds. The first kappa shape index (κ1) is 9.97. The van der Waals surface area contributed by atoms with Gasteiger partial charge in [-0.15, -0.1) is 0 Å². The number of hydrogen-bond acceptors (Lipinski definition) is 3. The third-order valence-electron chi connectivity index (χ3n) is 4.14. The summed E-state index contributed by atoms with van der Waals surface area (Å²) in [6.07, 6.45) is 3.79. The number of rotatable bonds is 2. The highest BCUT2D eigenvalue weighted by molar-refractivity contribution is 5.60. The van der Waals surface area contributed by atoms with Crippen molar-refractivity contribution in [1.82, 2.24) is 0 Å². The standard InChI is InChI=1S/C13H18N2O/c14-8-12-9-5-6-10(7-9)15(12)11-3-1-2-4-13(11)16/h1-4,9-10,12,16H,5-8,14H2. The van der Waals surface area contributed by atoms with Crippen LogP contribution < -0.4 is 10.6 Å². The molecule has 1 aromatic carbocycles. The Morgan fingerprint density at radius 1 is 1.31 bits per heavy atom. The lowest BCUT2D eigenvalue weighted by atomic mass is 9.98. The summed E-state index contributed by atoms with van der Waals surface area (Å²) in [5, 5.41) is 9.93. The maximum Gasteiger partial charge on any atom is 0.138 e. The second kappa shape index (κ2) is 3.67. The fraction of sp³-hybridized carbons (Fsp3) is 0.538. The third-order valence-corrected chi connectivity index (χ3v) is 4.14. The highest BCUT2D eigenvalue weighted by atomic mass is 16.3. The monoisotopic (exact) mass is 218 g/mol. The zero-order valence-electron chi connectivity index (χ0n) is 9.34. The summed E-state index contributed by atoms with van der Waals surface area (Å²) in [4.78, 5) is 2.35. The number of nitrogens with zero attached hydrogens (tertiary/aromatic N) is 1. The Kier molecular flexibility index (Phi) is 2.28. The number of phenolic OH excluding ortho intramolecular Hbond substituents is 1. The maximum atomic E-state index is 9.93. The van der Waals surface area contributed by atoms with Crippen molar-refractivity contribution in [2.45, 2.75) is 31.3 Å². The van der Waals surface area contributed by atoms with Crippen molar-refractivity contribution in [2.24, 2.45) is 11.7 Å². The van der Waals surface area contributed by atoms with Gasteiger partial charge in [-0.3, -0.25) is 0 Å². The summed E-state index contributed by atoms with van der Waals surface area (Å²) in [5.41, 5.74) is 6.84. The Labute approximate surface area is 95.9 Å². The number of para-hydroxylation sites is 2. The van der Waals surface area contributed by atoms with E-state index in [1.165, 1.54) is 19.3 Å². The van der Waals surface area contributed by atoms with E-state index in [1.54, 1.807) is 6.07 Å². The van der Waals surface area contributed by atoms with Crippen LogP contribution in [0.3, 0.4) is 0 Å². The Balaban J connectivity index is 1.97. The molecule has 1 aliphatic heterocycles. The summed E-state index contributed by atoms with van der Waals surface area (Å²) in [7, 11) is 0. The van der Waals surface area contributed by atoms with Crippen LogP contribution >= 0.6 is 0 Å². The number of fused-ring (bicyclic) bond motifs is 2. The van der Waals surface area contributed by atoms with E-state index in [1.807, 2.05) is 18.2 Å². The van der Waals surface area contributed by atoms with Gasteiger partial charge in [-0.05, 0) is 37.3 Å². The number of aromatic hydroxyl groups is 1. The zero-order chi connectivity index (χ0) is 11.1. The second-order valence-corrected chi connectivity index (χ2v) is 4.93. The molecule has 3 unspecified atom stereocenters. The SMILES string of the molecule is NCC1C2CCC(C2)N1c1ccccc1O. The van der Waals surface area contributed by atoms with E-state index in [0.717, 1.165) is 11.6 Å². The number of anilines is 1. The first-order valence-corrected chi connectivity index (χ1v) is 6.07. The van der Waals surface area contributed by atoms with Crippen LogP contribution in [0.15, 0.2) is 24.3 Å². The maximum absolute atomic E-state index is 9.93. The Bertz CT molecular complexity index is 393. The molecule has 3 heteroatoms. The predicted octanol–water partition coefficient (Wildman–Crippen LogP) is 1.71. The van der Waals surface area contributed by atoms with Gasteiger partial charge in [-0.2, -0.15) is 0 Å². The summed E-state index contributed by atoms with van der Waals surface area (Å²) in [6, 6.07) is 8.62. The van der Waals surface area contributed by atoms with Gasteiger partial charge < -0.3 is 15.7 Å². The molecule has 3 N–H and O–H groups in total. The zero-order valence-corrected chi connectivity index (χ0v) is 9.34. The summed E-state index contributed by atoms with van der Waals surface area (Å²) in [5.74, 6) is 1.11. The molecule has 86 valence electrons. The van der Waals surface area contributed by atoms with Gasteiger partial charge in [0, 0.05) is 18.6 Å². The number of nitrogens with two attached hydrogens (primary N) is 1. The minimum Gasteiger partial charge on any atom is -0.506 e. The quantitative estimate of drug-likeness (QED) is 0.794. The van der Waals surface area contributed by atoms with Gasteiger partial charge in [0.1, 0.15) is 5.75 Å². The fourth-order valence-corrected chi connectivity index (χ4v) is 3.46. The Morgan fingerprint density at radius 2 is 2.12 bits per heavy atom. The van der Waals surface area contributed by atoms with Crippen molar-refractivity contribution in [3.8, 4) is 5.75 Å². The van der Waals surface area contributed by atoms with E-state index >= 15 is 0 Å². The average Bonchev–Trinajstić information content (AvgIpc) is 2.89. The van der Waals surface area contributed by atoms with Crippen LogP contribution in [0.25, 0.3) is 0 Å². The largest absolute Gasteiger partial charge is 0.506 e. The van der Waals surface area contributed by atoms with E-state index < -0.39 is 0 Å². The molecule has 1 aliphatic carbocycles. The van der Waals surface area contributed by atoms with Gasteiger partial charge in [-0.25, -0.2) is 0 Å². The van der Waals surface area contributed by atoms with Crippen molar-refractivity contribution in [3.63, 3.8) is 0 Å². The normalized spacial score (nSPS) is 32.3. The molecule has 3 rings (SSSR count). The van der Waals surface area contributed by atoms with Gasteiger partial charge >= 0.3 is 0 Å². The van der Waals surface area contributed by atoms with Crippen molar-refractivity contribution >= 4 is 5.69 Å². The topological polar surface area (TPSA) is 49.5 Å². The molecule has 3 atom stereocenters. The molecule has 2 fully saturated rings. The molecule has 0 aromatic heterocycles. The molecule has 16 heavy (non-hydrogen) atoms. The smallest absolute Gasteiger partial charge is 0.138 e. The summed E-state index contributed by atoms with van der Waals surface area (Å²) in [6.45, 7) is 0.690. The lowest BCUT2D eigenvalue weighted by Crippen LogP contribution is -2.45. The van der Waals surface area contributed by atoms with Crippen LogP contribution in [0.1, 0.15) is 19.3 Å². The van der Waals surface area contributed by atoms with E-state index in [4.69, 9.17) is 5.73 Å². The molecular formula is C13H18N2O. The minimum atomic E-state index is 0.383. The van der Waals surface area contributed by atoms with Gasteiger partial charge in [0.15, 0.2) is 0 Å². The highest BCUT2D eigenvalue weighted by Gasteiger charge is 2.45. The number of piperidine rings is 1. The predicted molar refractivity (Wildman–Crippen MR) is 64.6 cm³/mol. The van der Waals surface area contributed by atoms with Gasteiger partial charge in [0.25, 0.3) is 0 Å². The molecule has 0 radical (unpaired) electrons. The van der Waals surface area contributed by atoms with Crippen molar-refractivity contribution in [1.29, 1.82) is 0 Å². The molecule has 1 saturated carbocycles. The lowest BCUT2D eigenvalue weighted by Gasteiger charge is -2.36. The van der Waals surface area contributed by atoms with Crippen LogP contribution in [-0.2, 0) is 0 Å². The average molecular weight is 218 g/mol. The first-order chi connectivity index (χ1) is 7.81. The van der Waals surface area contributed by atoms with Crippen LogP contribution in [0.4, 0.5) is 5.69 Å². The minimum absolute atomic E-state index is 0.383. The van der Waals surface area contributed by atoms with Crippen LogP contribution in [0.2, 0.25) is 0 Å². The molecule has 3 nitrogen and oxygen atoms in total. The molecular weight excluding hydrogens is 200 g/mol. The third kappa shape index (κ3) is 1.31. The van der Waals surface area contributed by atoms with Gasteiger partial charge in [-0.1, -0.05) is 12.1 Å². The number of hydrogen-bond donors (Lipinski definition) is 2. The fourth-order valence-electron chi connectivity index (χ4n) is 3.46. The van der Waals surface area contributed by atoms with Crippen LogP contribution in [0.5, 0.6) is 5.75 Å². The second-order valence-electron chi connectivity index (χ2n) is 4.93. The van der Waals surface area contributed by atoms with Crippen molar-refractivity contribution < 1.29 is 5.11 Å². The molecule has 2 bridgehead atoms. The van der Waals surface area contributed by atoms with E-state index in [2.05, 4.69) is 4.90 Å². The number of phenols is 1. The van der Waals surface area contributed by atoms with Crippen molar-refractivity contribution in [2.75, 3.05) is 11.4 Å². The molecule has 1 aromatic rings. The highest BCUT2D eigenvalue weighted by Crippen LogP contribution is 2.46. The Hall–Kier alpha value is -1.22. The van der Waals surface area contributed by atoms with Crippen molar-refractivity contribution in [3.05, 3.63) is 24.3 Å². The van der Waals surface area contributed by atoms with E-state index in [0.29, 0.717) is 24.4 Å². The molecule has 1 heterocycles. The van der Waals surface area contributed by atoms with E-state index in [9.17, 15) is 5.11 Å². The first-order valence-electron chi connectivity index (χ1n) is 6.07. The van der Waals surface area contributed by atoms with Gasteiger partial charge in [0.05, 0.1) is 5.69 Å². The summed E-state index contributed by atoms with van der Waals surface area (Å²) >= 11 is 0. The van der Waals surface area contributed by atoms with E-state index in [-0.39, 0.29) is 0 Å².